The molecule has 3 aromatic heterocycles. The molecule has 0 bridgehead atoms. The quantitative estimate of drug-likeness (QED) is 0.702. The fourth-order valence-corrected chi connectivity index (χ4v) is 4.39. The standard InChI is InChI=1S/C19H22N4OS/c1-12-6-4-8-23(11-12)19(24)14-10-15(16-7-5-9-25-16)20-18-17(14)13(2)21-22(18)3/h5,7,9-10,12H,4,6,8,11H2,1-3H3/t12-/m0/s1. The van der Waals surface area contributed by atoms with Gasteiger partial charge in [-0.15, -0.1) is 11.3 Å². The largest absolute Gasteiger partial charge is 0.338 e. The molecule has 0 aliphatic carbocycles. The number of rotatable bonds is 2. The van der Waals surface area contributed by atoms with E-state index in [4.69, 9.17) is 4.98 Å². The van der Waals surface area contributed by atoms with Gasteiger partial charge in [0.05, 0.1) is 27.2 Å². The fraction of sp³-hybridized carbons (Fsp3) is 0.421. The van der Waals surface area contributed by atoms with Gasteiger partial charge in [0.1, 0.15) is 0 Å². The molecule has 0 aromatic carbocycles. The number of piperidine rings is 1. The predicted molar refractivity (Wildman–Crippen MR) is 101 cm³/mol. The zero-order valence-corrected chi connectivity index (χ0v) is 15.6. The molecule has 0 N–H and O–H groups in total. The van der Waals surface area contributed by atoms with Crippen LogP contribution in [0.15, 0.2) is 23.6 Å². The number of nitrogens with zero attached hydrogens (tertiary/aromatic N) is 4. The Kier molecular flexibility index (Phi) is 4.07. The molecule has 1 aliphatic rings. The second-order valence-corrected chi connectivity index (χ2v) is 7.89. The molecule has 1 atom stereocenters. The van der Waals surface area contributed by atoms with Crippen molar-refractivity contribution < 1.29 is 4.79 Å². The number of aryl methyl sites for hydroxylation is 2. The molecule has 0 radical (unpaired) electrons. The fourth-order valence-electron chi connectivity index (χ4n) is 3.71. The molecule has 1 amide bonds. The summed E-state index contributed by atoms with van der Waals surface area (Å²) in [5.74, 6) is 0.662. The first-order valence-corrected chi connectivity index (χ1v) is 9.60. The Balaban J connectivity index is 1.87. The molecule has 0 saturated carbocycles. The minimum Gasteiger partial charge on any atom is -0.338 e. The highest BCUT2D eigenvalue weighted by atomic mass is 32.1. The minimum atomic E-state index is 0.104. The Morgan fingerprint density at radius 1 is 1.40 bits per heavy atom. The average Bonchev–Trinajstić information content (AvgIpc) is 3.23. The van der Waals surface area contributed by atoms with Crippen LogP contribution in [0.25, 0.3) is 21.6 Å². The highest BCUT2D eigenvalue weighted by molar-refractivity contribution is 7.13. The maximum atomic E-state index is 13.3. The molecular formula is C19H22N4OS. The summed E-state index contributed by atoms with van der Waals surface area (Å²) in [6, 6.07) is 6.00. The first-order chi connectivity index (χ1) is 12.0. The van der Waals surface area contributed by atoms with Crippen molar-refractivity contribution >= 4 is 28.3 Å². The summed E-state index contributed by atoms with van der Waals surface area (Å²) in [6.45, 7) is 5.83. The Bertz CT molecular complexity index is 929. The molecule has 5 nitrogen and oxygen atoms in total. The van der Waals surface area contributed by atoms with Crippen molar-refractivity contribution in [1.82, 2.24) is 19.7 Å². The normalized spacial score (nSPS) is 18.0. The van der Waals surface area contributed by atoms with Gasteiger partial charge in [-0.3, -0.25) is 9.48 Å². The number of hydrogen-bond acceptors (Lipinski definition) is 4. The summed E-state index contributed by atoms with van der Waals surface area (Å²) < 4.78 is 1.78. The van der Waals surface area contributed by atoms with Gasteiger partial charge in [0.25, 0.3) is 5.91 Å². The molecular weight excluding hydrogens is 332 g/mol. The lowest BCUT2D eigenvalue weighted by molar-refractivity contribution is 0.0685. The maximum absolute atomic E-state index is 13.3. The Morgan fingerprint density at radius 3 is 2.96 bits per heavy atom. The van der Waals surface area contributed by atoms with Crippen LogP contribution < -0.4 is 0 Å². The van der Waals surface area contributed by atoms with Crippen LogP contribution >= 0.6 is 11.3 Å². The van der Waals surface area contributed by atoms with Crippen LogP contribution in [-0.4, -0.2) is 38.7 Å². The second kappa shape index (κ2) is 6.26. The summed E-state index contributed by atoms with van der Waals surface area (Å²) in [7, 11) is 1.89. The number of amides is 1. The summed E-state index contributed by atoms with van der Waals surface area (Å²) in [6.07, 6.45) is 2.27. The van der Waals surface area contributed by atoms with Gasteiger partial charge >= 0.3 is 0 Å². The van der Waals surface area contributed by atoms with Crippen molar-refractivity contribution in [3.8, 4) is 10.6 Å². The summed E-state index contributed by atoms with van der Waals surface area (Å²) in [4.78, 5) is 21.2. The Hall–Kier alpha value is -2.21. The molecule has 130 valence electrons. The summed E-state index contributed by atoms with van der Waals surface area (Å²) in [5, 5.41) is 7.41. The number of hydrogen-bond donors (Lipinski definition) is 0. The van der Waals surface area contributed by atoms with E-state index in [2.05, 4.69) is 12.0 Å². The molecule has 0 unspecified atom stereocenters. The molecule has 1 aliphatic heterocycles. The monoisotopic (exact) mass is 354 g/mol. The van der Waals surface area contributed by atoms with Crippen molar-refractivity contribution in [2.24, 2.45) is 13.0 Å². The number of aromatic nitrogens is 3. The molecule has 25 heavy (non-hydrogen) atoms. The zero-order valence-electron chi connectivity index (χ0n) is 14.8. The molecule has 1 fully saturated rings. The van der Waals surface area contributed by atoms with E-state index < -0.39 is 0 Å². The molecule has 4 heterocycles. The number of carbonyl (C=O) groups is 1. The highest BCUT2D eigenvalue weighted by Gasteiger charge is 2.26. The summed E-state index contributed by atoms with van der Waals surface area (Å²) in [5.41, 5.74) is 3.21. The third-order valence-electron chi connectivity index (χ3n) is 4.92. The van der Waals surface area contributed by atoms with Crippen LogP contribution in [0.5, 0.6) is 0 Å². The number of fused-ring (bicyclic) bond motifs is 1. The van der Waals surface area contributed by atoms with E-state index in [1.807, 2.05) is 42.5 Å². The lowest BCUT2D eigenvalue weighted by Gasteiger charge is -2.31. The third-order valence-corrected chi connectivity index (χ3v) is 5.81. The van der Waals surface area contributed by atoms with E-state index in [0.717, 1.165) is 52.4 Å². The molecule has 0 spiro atoms. The van der Waals surface area contributed by atoms with Crippen LogP contribution in [0.2, 0.25) is 0 Å². The minimum absolute atomic E-state index is 0.104. The van der Waals surface area contributed by atoms with E-state index in [0.29, 0.717) is 5.92 Å². The van der Waals surface area contributed by atoms with Crippen molar-refractivity contribution in [2.45, 2.75) is 26.7 Å². The van der Waals surface area contributed by atoms with Crippen molar-refractivity contribution in [2.75, 3.05) is 13.1 Å². The van der Waals surface area contributed by atoms with Crippen LogP contribution in [0.3, 0.4) is 0 Å². The molecule has 1 saturated heterocycles. The van der Waals surface area contributed by atoms with Gasteiger partial charge in [-0.25, -0.2) is 4.98 Å². The van der Waals surface area contributed by atoms with E-state index in [1.54, 1.807) is 16.0 Å². The second-order valence-electron chi connectivity index (χ2n) is 6.94. The summed E-state index contributed by atoms with van der Waals surface area (Å²) >= 11 is 1.64. The molecule has 6 heteroatoms. The van der Waals surface area contributed by atoms with E-state index in [1.165, 1.54) is 6.42 Å². The van der Waals surface area contributed by atoms with Gasteiger partial charge in [-0.05, 0) is 43.2 Å². The topological polar surface area (TPSA) is 51.0 Å². The van der Waals surface area contributed by atoms with Crippen LogP contribution in [-0.2, 0) is 7.05 Å². The number of likely N-dealkylation sites (tertiary alicyclic amines) is 1. The van der Waals surface area contributed by atoms with Crippen LogP contribution in [0.1, 0.15) is 35.8 Å². The van der Waals surface area contributed by atoms with E-state index in [9.17, 15) is 4.79 Å². The van der Waals surface area contributed by atoms with E-state index in [-0.39, 0.29) is 5.91 Å². The SMILES string of the molecule is Cc1nn(C)c2nc(-c3cccs3)cc(C(=O)N3CCC[C@H](C)C3)c12. The van der Waals surface area contributed by atoms with Gasteiger partial charge in [0.2, 0.25) is 0 Å². The smallest absolute Gasteiger partial charge is 0.254 e. The van der Waals surface area contributed by atoms with Gasteiger partial charge in [-0.2, -0.15) is 5.10 Å². The zero-order chi connectivity index (χ0) is 17.6. The van der Waals surface area contributed by atoms with Crippen molar-refractivity contribution in [3.05, 3.63) is 34.8 Å². The first-order valence-electron chi connectivity index (χ1n) is 8.72. The number of pyridine rings is 1. The average molecular weight is 354 g/mol. The van der Waals surface area contributed by atoms with Crippen LogP contribution in [0.4, 0.5) is 0 Å². The van der Waals surface area contributed by atoms with Gasteiger partial charge in [0.15, 0.2) is 5.65 Å². The van der Waals surface area contributed by atoms with Gasteiger partial charge in [-0.1, -0.05) is 13.0 Å². The predicted octanol–water partition coefficient (Wildman–Crippen LogP) is 3.88. The lowest BCUT2D eigenvalue weighted by atomic mass is 9.99. The van der Waals surface area contributed by atoms with Crippen LogP contribution in [0, 0.1) is 12.8 Å². The lowest BCUT2D eigenvalue weighted by Crippen LogP contribution is -2.39. The first kappa shape index (κ1) is 16.3. The Labute approximate surface area is 151 Å². The van der Waals surface area contributed by atoms with Gasteiger partial charge in [0, 0.05) is 20.1 Å². The molecule has 3 aromatic rings. The van der Waals surface area contributed by atoms with Crippen molar-refractivity contribution in [1.29, 1.82) is 0 Å². The van der Waals surface area contributed by atoms with Gasteiger partial charge < -0.3 is 4.90 Å². The molecule has 4 rings (SSSR count). The van der Waals surface area contributed by atoms with Crippen molar-refractivity contribution in [3.63, 3.8) is 0 Å². The number of thiophene rings is 1. The van der Waals surface area contributed by atoms with E-state index >= 15 is 0 Å². The highest BCUT2D eigenvalue weighted by Crippen LogP contribution is 2.30. The Morgan fingerprint density at radius 2 is 2.24 bits per heavy atom. The third kappa shape index (κ3) is 2.84. The number of carbonyl (C=O) groups excluding carboxylic acids is 1. The maximum Gasteiger partial charge on any atom is 0.254 e.